The highest BCUT2D eigenvalue weighted by molar-refractivity contribution is 7.89. The van der Waals surface area contributed by atoms with Gasteiger partial charge in [0.15, 0.2) is 0 Å². The van der Waals surface area contributed by atoms with Gasteiger partial charge in [-0.3, -0.25) is 0 Å². The summed E-state index contributed by atoms with van der Waals surface area (Å²) in [6, 6.07) is 12.8. The van der Waals surface area contributed by atoms with Crippen LogP contribution in [0.2, 0.25) is 0 Å². The van der Waals surface area contributed by atoms with Crippen LogP contribution >= 0.6 is 0 Å². The Balaban J connectivity index is 1.68. The summed E-state index contributed by atoms with van der Waals surface area (Å²) >= 11 is 0. The van der Waals surface area contributed by atoms with Crippen LogP contribution in [0.3, 0.4) is 0 Å². The zero-order chi connectivity index (χ0) is 18.0. The number of benzene rings is 2. The van der Waals surface area contributed by atoms with Crippen LogP contribution in [0.4, 0.5) is 4.39 Å². The molecule has 0 aromatic heterocycles. The molecule has 1 N–H and O–H groups in total. The fraction of sp³-hybridized carbons (Fsp3) is 0.316. The third-order valence-electron chi connectivity index (χ3n) is 4.68. The number of hydrogen-bond acceptors (Lipinski definition) is 3. The van der Waals surface area contributed by atoms with E-state index >= 15 is 0 Å². The smallest absolute Gasteiger partial charge is 0.243 e. The molecule has 3 rings (SSSR count). The van der Waals surface area contributed by atoms with E-state index < -0.39 is 10.0 Å². The van der Waals surface area contributed by atoms with Crippen LogP contribution in [-0.2, 0) is 10.0 Å². The Bertz CT molecular complexity index is 853. The summed E-state index contributed by atoms with van der Waals surface area (Å²) in [5.74, 6) is -0.328. The van der Waals surface area contributed by atoms with Gasteiger partial charge in [-0.05, 0) is 49.6 Å². The molecule has 4 nitrogen and oxygen atoms in total. The molecule has 132 valence electrons. The van der Waals surface area contributed by atoms with Crippen molar-refractivity contribution in [1.82, 2.24) is 4.31 Å². The molecule has 1 aliphatic rings. The first-order valence-electron chi connectivity index (χ1n) is 8.29. The number of halogens is 1. The highest BCUT2D eigenvalue weighted by Gasteiger charge is 2.31. The number of piperidine rings is 1. The molecule has 0 aliphatic carbocycles. The molecule has 1 aliphatic heterocycles. The van der Waals surface area contributed by atoms with Crippen LogP contribution in [0.25, 0.3) is 0 Å². The van der Waals surface area contributed by atoms with Gasteiger partial charge in [0.25, 0.3) is 0 Å². The third-order valence-corrected chi connectivity index (χ3v) is 6.59. The highest BCUT2D eigenvalue weighted by Crippen LogP contribution is 2.26. The second-order valence-corrected chi connectivity index (χ2v) is 8.35. The lowest BCUT2D eigenvalue weighted by molar-refractivity contribution is 0.316. The first kappa shape index (κ1) is 17.8. The van der Waals surface area contributed by atoms with Crippen molar-refractivity contribution in [2.24, 2.45) is 5.92 Å². The number of nitrogens with one attached hydrogen (secondary N) is 1. The Hall–Kier alpha value is -2.05. The van der Waals surface area contributed by atoms with Crippen molar-refractivity contribution in [3.63, 3.8) is 0 Å². The molecule has 2 aromatic carbocycles. The molecule has 6 heteroatoms. The van der Waals surface area contributed by atoms with E-state index in [-0.39, 0.29) is 11.7 Å². The first-order valence-corrected chi connectivity index (χ1v) is 9.73. The molecule has 25 heavy (non-hydrogen) atoms. The van der Waals surface area contributed by atoms with Gasteiger partial charge in [0.2, 0.25) is 10.0 Å². The van der Waals surface area contributed by atoms with Crippen molar-refractivity contribution in [3.05, 3.63) is 65.5 Å². The van der Waals surface area contributed by atoms with Crippen LogP contribution in [0, 0.1) is 24.1 Å². The van der Waals surface area contributed by atoms with Gasteiger partial charge in [-0.1, -0.05) is 29.8 Å². The maximum atomic E-state index is 13.0. The van der Waals surface area contributed by atoms with E-state index in [0.717, 1.165) is 5.56 Å². The average Bonchev–Trinajstić information content (AvgIpc) is 2.62. The van der Waals surface area contributed by atoms with Crippen molar-refractivity contribution >= 4 is 15.7 Å². The molecule has 0 saturated carbocycles. The van der Waals surface area contributed by atoms with E-state index in [0.29, 0.717) is 42.1 Å². The fourth-order valence-corrected chi connectivity index (χ4v) is 4.58. The van der Waals surface area contributed by atoms with Crippen LogP contribution in [0.5, 0.6) is 0 Å². The lowest BCUT2D eigenvalue weighted by Gasteiger charge is -2.31. The summed E-state index contributed by atoms with van der Waals surface area (Å²) in [7, 11) is -3.48. The first-order chi connectivity index (χ1) is 11.9. The zero-order valence-electron chi connectivity index (χ0n) is 14.1. The number of aryl methyl sites for hydroxylation is 1. The summed E-state index contributed by atoms with van der Waals surface area (Å²) in [6.45, 7) is 2.71. The Labute approximate surface area is 147 Å². The van der Waals surface area contributed by atoms with E-state index in [1.807, 2.05) is 6.92 Å². The minimum absolute atomic E-state index is 0.00470. The zero-order valence-corrected chi connectivity index (χ0v) is 14.9. The minimum atomic E-state index is -3.48. The predicted molar refractivity (Wildman–Crippen MR) is 95.9 cm³/mol. The van der Waals surface area contributed by atoms with Gasteiger partial charge < -0.3 is 5.41 Å². The van der Waals surface area contributed by atoms with Crippen LogP contribution < -0.4 is 0 Å². The van der Waals surface area contributed by atoms with Crippen molar-refractivity contribution in [2.75, 3.05) is 13.1 Å². The van der Waals surface area contributed by atoms with Crippen LogP contribution in [-0.4, -0.2) is 31.5 Å². The Morgan fingerprint density at radius 2 is 1.60 bits per heavy atom. The minimum Gasteiger partial charge on any atom is -0.304 e. The number of hydrogen-bond donors (Lipinski definition) is 1. The molecule has 2 aromatic rings. The molecule has 0 amide bonds. The van der Waals surface area contributed by atoms with E-state index in [1.165, 1.54) is 16.4 Å². The second kappa shape index (κ2) is 7.06. The summed E-state index contributed by atoms with van der Waals surface area (Å²) in [5, 5.41) is 8.31. The van der Waals surface area contributed by atoms with Crippen molar-refractivity contribution < 1.29 is 12.8 Å². The van der Waals surface area contributed by atoms with Gasteiger partial charge in [-0.25, -0.2) is 12.8 Å². The topological polar surface area (TPSA) is 61.2 Å². The van der Waals surface area contributed by atoms with E-state index in [2.05, 4.69) is 0 Å². The van der Waals surface area contributed by atoms with Gasteiger partial charge in [0, 0.05) is 24.7 Å². The summed E-state index contributed by atoms with van der Waals surface area (Å²) in [5.41, 5.74) is 2.17. The SMILES string of the molecule is Cc1ccc(S(=O)(=O)N2CCC(C(=N)c3ccc(F)cc3)CC2)cc1. The van der Waals surface area contributed by atoms with E-state index in [9.17, 15) is 12.8 Å². The van der Waals surface area contributed by atoms with Gasteiger partial charge >= 0.3 is 0 Å². The number of sulfonamides is 1. The van der Waals surface area contributed by atoms with Gasteiger partial charge in [0.1, 0.15) is 5.82 Å². The highest BCUT2D eigenvalue weighted by atomic mass is 32.2. The molecular formula is C19H21FN2O2S. The standard InChI is InChI=1S/C19H21FN2O2S/c1-14-2-8-18(9-3-14)25(23,24)22-12-10-16(11-13-22)19(21)15-4-6-17(20)7-5-15/h2-9,16,21H,10-13H2,1H3. The Morgan fingerprint density at radius 3 is 2.16 bits per heavy atom. The lowest BCUT2D eigenvalue weighted by Crippen LogP contribution is -2.40. The normalized spacial score (nSPS) is 16.7. The van der Waals surface area contributed by atoms with E-state index in [4.69, 9.17) is 5.41 Å². The molecule has 0 radical (unpaired) electrons. The molecule has 0 unspecified atom stereocenters. The van der Waals surface area contributed by atoms with E-state index in [1.54, 1.807) is 36.4 Å². The Morgan fingerprint density at radius 1 is 1.04 bits per heavy atom. The van der Waals surface area contributed by atoms with Gasteiger partial charge in [-0.2, -0.15) is 4.31 Å². The van der Waals surface area contributed by atoms with Crippen LogP contribution in [0.1, 0.15) is 24.0 Å². The third kappa shape index (κ3) is 3.80. The van der Waals surface area contributed by atoms with Crippen molar-refractivity contribution in [3.8, 4) is 0 Å². The fourth-order valence-electron chi connectivity index (χ4n) is 3.11. The number of rotatable bonds is 4. The monoisotopic (exact) mass is 360 g/mol. The maximum absolute atomic E-state index is 13.0. The second-order valence-electron chi connectivity index (χ2n) is 6.41. The molecule has 0 atom stereocenters. The van der Waals surface area contributed by atoms with Crippen molar-refractivity contribution in [2.45, 2.75) is 24.7 Å². The van der Waals surface area contributed by atoms with Crippen LogP contribution in [0.15, 0.2) is 53.4 Å². The predicted octanol–water partition coefficient (Wildman–Crippen LogP) is 3.60. The lowest BCUT2D eigenvalue weighted by atomic mass is 9.89. The van der Waals surface area contributed by atoms with Gasteiger partial charge in [0.05, 0.1) is 4.90 Å². The largest absolute Gasteiger partial charge is 0.304 e. The van der Waals surface area contributed by atoms with Crippen molar-refractivity contribution in [1.29, 1.82) is 5.41 Å². The molecule has 1 fully saturated rings. The Kier molecular flexibility index (Phi) is 5.01. The number of nitrogens with zero attached hydrogens (tertiary/aromatic N) is 1. The molecular weight excluding hydrogens is 339 g/mol. The molecule has 0 bridgehead atoms. The average molecular weight is 360 g/mol. The maximum Gasteiger partial charge on any atom is 0.243 e. The molecule has 1 saturated heterocycles. The summed E-state index contributed by atoms with van der Waals surface area (Å²) in [6.07, 6.45) is 1.20. The van der Waals surface area contributed by atoms with Gasteiger partial charge in [-0.15, -0.1) is 0 Å². The quantitative estimate of drug-likeness (QED) is 0.847. The molecule has 1 heterocycles. The summed E-state index contributed by atoms with van der Waals surface area (Å²) in [4.78, 5) is 0.310. The summed E-state index contributed by atoms with van der Waals surface area (Å²) < 4.78 is 39.9. The molecule has 0 spiro atoms.